The van der Waals surface area contributed by atoms with Crippen molar-refractivity contribution in [2.24, 2.45) is 0 Å². The molecule has 1 aliphatic rings. The summed E-state index contributed by atoms with van der Waals surface area (Å²) < 4.78 is 0. The number of hydrogen-bond acceptors (Lipinski definition) is 1. The van der Waals surface area contributed by atoms with Gasteiger partial charge in [-0.2, -0.15) is 0 Å². The monoisotopic (exact) mass is 188 g/mol. The summed E-state index contributed by atoms with van der Waals surface area (Å²) >= 11 is 3.35. The number of rotatable bonds is 2. The third kappa shape index (κ3) is 1.66. The van der Waals surface area contributed by atoms with Crippen molar-refractivity contribution in [2.75, 3.05) is 11.9 Å². The van der Waals surface area contributed by atoms with Gasteiger partial charge in [0, 0.05) is 5.33 Å². The first kappa shape index (κ1) is 7.03. The van der Waals surface area contributed by atoms with E-state index >= 15 is 0 Å². The van der Waals surface area contributed by atoms with Crippen LogP contribution in [0.4, 0.5) is 0 Å². The Morgan fingerprint density at radius 3 is 2.44 bits per heavy atom. The van der Waals surface area contributed by atoms with Crippen LogP contribution < -0.4 is 0 Å². The normalized spacial score (nSPS) is 17.6. The van der Waals surface area contributed by atoms with Crippen LogP contribution in [0.5, 0.6) is 0 Å². The second-order valence-corrected chi connectivity index (χ2v) is 2.68. The zero-order valence-corrected chi connectivity index (χ0v) is 6.69. The van der Waals surface area contributed by atoms with E-state index in [1.165, 1.54) is 5.57 Å². The van der Waals surface area contributed by atoms with Gasteiger partial charge in [-0.3, -0.25) is 0 Å². The van der Waals surface area contributed by atoms with Gasteiger partial charge in [-0.15, -0.1) is 0 Å². The second-order valence-electron chi connectivity index (χ2n) is 2.12. The molecule has 0 amide bonds. The predicted octanol–water partition coefficient (Wildman–Crippen LogP) is 1.63. The quantitative estimate of drug-likeness (QED) is 0.654. The highest BCUT2D eigenvalue weighted by Gasteiger charge is 2.04. The standard InChI is InChI=1S/C7H9BrO/c8-4-6-1-2-7(3-6)5-9/h1-2,9H,3-5H2. The molecule has 0 saturated heterocycles. The van der Waals surface area contributed by atoms with Crippen molar-refractivity contribution in [2.45, 2.75) is 6.42 Å². The summed E-state index contributed by atoms with van der Waals surface area (Å²) in [6, 6.07) is 0. The maximum Gasteiger partial charge on any atom is 0.0647 e. The smallest absolute Gasteiger partial charge is 0.0647 e. The Balaban J connectivity index is 2.43. The van der Waals surface area contributed by atoms with Crippen LogP contribution in [0.15, 0.2) is 23.3 Å². The molecule has 0 heterocycles. The van der Waals surface area contributed by atoms with Crippen molar-refractivity contribution in [3.05, 3.63) is 23.3 Å². The van der Waals surface area contributed by atoms with Crippen molar-refractivity contribution < 1.29 is 5.11 Å². The number of alkyl halides is 1. The van der Waals surface area contributed by atoms with Crippen LogP contribution in [0.2, 0.25) is 0 Å². The van der Waals surface area contributed by atoms with E-state index in [-0.39, 0.29) is 6.61 Å². The van der Waals surface area contributed by atoms with Gasteiger partial charge in [0.25, 0.3) is 0 Å². The molecule has 2 heteroatoms. The van der Waals surface area contributed by atoms with Crippen LogP contribution in [0.25, 0.3) is 0 Å². The van der Waals surface area contributed by atoms with Gasteiger partial charge in [-0.25, -0.2) is 0 Å². The van der Waals surface area contributed by atoms with E-state index < -0.39 is 0 Å². The van der Waals surface area contributed by atoms with Crippen LogP contribution in [0.3, 0.4) is 0 Å². The fourth-order valence-corrected chi connectivity index (χ4v) is 1.23. The molecule has 0 aromatic carbocycles. The van der Waals surface area contributed by atoms with Gasteiger partial charge in [0.05, 0.1) is 6.61 Å². The minimum Gasteiger partial charge on any atom is -0.392 e. The average Bonchev–Trinajstić information content (AvgIpc) is 2.34. The van der Waals surface area contributed by atoms with E-state index in [4.69, 9.17) is 5.11 Å². The number of aliphatic hydroxyl groups is 1. The van der Waals surface area contributed by atoms with Crippen molar-refractivity contribution in [3.63, 3.8) is 0 Å². The van der Waals surface area contributed by atoms with Gasteiger partial charge < -0.3 is 5.11 Å². The fourth-order valence-electron chi connectivity index (χ4n) is 0.846. The molecule has 0 spiro atoms. The van der Waals surface area contributed by atoms with Crippen molar-refractivity contribution >= 4 is 15.9 Å². The van der Waals surface area contributed by atoms with Gasteiger partial charge in [-0.1, -0.05) is 33.7 Å². The number of halogens is 1. The van der Waals surface area contributed by atoms with E-state index in [0.717, 1.165) is 17.3 Å². The molecule has 1 rings (SSSR count). The van der Waals surface area contributed by atoms with E-state index in [0.29, 0.717) is 0 Å². The van der Waals surface area contributed by atoms with Crippen LogP contribution in [-0.4, -0.2) is 17.0 Å². The Labute approximate surface area is 63.2 Å². The molecule has 50 valence electrons. The van der Waals surface area contributed by atoms with Crippen LogP contribution in [0.1, 0.15) is 6.42 Å². The van der Waals surface area contributed by atoms with Crippen molar-refractivity contribution in [1.29, 1.82) is 0 Å². The molecule has 1 N–H and O–H groups in total. The first-order valence-electron chi connectivity index (χ1n) is 2.91. The molecule has 0 aromatic heterocycles. The van der Waals surface area contributed by atoms with Crippen LogP contribution in [-0.2, 0) is 0 Å². The largest absolute Gasteiger partial charge is 0.392 e. The molecule has 0 atom stereocenters. The highest BCUT2D eigenvalue weighted by atomic mass is 79.9. The molecule has 0 aromatic rings. The lowest BCUT2D eigenvalue weighted by molar-refractivity contribution is 0.329. The van der Waals surface area contributed by atoms with Gasteiger partial charge in [-0.05, 0) is 12.0 Å². The number of hydrogen-bond donors (Lipinski definition) is 1. The lowest BCUT2D eigenvalue weighted by atomic mass is 10.2. The number of aliphatic hydroxyl groups excluding tert-OH is 1. The van der Waals surface area contributed by atoms with Gasteiger partial charge in [0.1, 0.15) is 0 Å². The van der Waals surface area contributed by atoms with E-state index in [2.05, 4.69) is 22.0 Å². The Morgan fingerprint density at radius 2 is 2.11 bits per heavy atom. The molecule has 0 aliphatic heterocycles. The summed E-state index contributed by atoms with van der Waals surface area (Å²) in [6.07, 6.45) is 4.98. The Kier molecular flexibility index (Phi) is 2.49. The molecule has 1 nitrogen and oxygen atoms in total. The summed E-state index contributed by atoms with van der Waals surface area (Å²) in [6.45, 7) is 0.201. The molecule has 0 unspecified atom stereocenters. The molecule has 0 saturated carbocycles. The summed E-state index contributed by atoms with van der Waals surface area (Å²) in [5.41, 5.74) is 2.46. The Bertz CT molecular complexity index is 140. The summed E-state index contributed by atoms with van der Waals surface area (Å²) in [5, 5.41) is 9.59. The van der Waals surface area contributed by atoms with Gasteiger partial charge in [0.2, 0.25) is 0 Å². The minimum absolute atomic E-state index is 0.201. The summed E-state index contributed by atoms with van der Waals surface area (Å²) in [5.74, 6) is 0. The van der Waals surface area contributed by atoms with Gasteiger partial charge >= 0.3 is 0 Å². The summed E-state index contributed by atoms with van der Waals surface area (Å²) in [7, 11) is 0. The first-order chi connectivity index (χ1) is 4.36. The summed E-state index contributed by atoms with van der Waals surface area (Å²) in [4.78, 5) is 0. The zero-order valence-electron chi connectivity index (χ0n) is 5.10. The molecule has 0 bridgehead atoms. The molecular weight excluding hydrogens is 180 g/mol. The van der Waals surface area contributed by atoms with Gasteiger partial charge in [0.15, 0.2) is 0 Å². The third-order valence-corrected chi connectivity index (χ3v) is 2.10. The molecule has 0 fully saturated rings. The molecule has 0 radical (unpaired) electrons. The van der Waals surface area contributed by atoms with E-state index in [9.17, 15) is 0 Å². The average molecular weight is 189 g/mol. The fraction of sp³-hybridized carbons (Fsp3) is 0.429. The third-order valence-electron chi connectivity index (χ3n) is 1.38. The van der Waals surface area contributed by atoms with Crippen molar-refractivity contribution in [1.82, 2.24) is 0 Å². The molecular formula is C7H9BrO. The lowest BCUT2D eigenvalue weighted by Gasteiger charge is -1.95. The maximum absolute atomic E-state index is 8.66. The van der Waals surface area contributed by atoms with E-state index in [1.54, 1.807) is 0 Å². The van der Waals surface area contributed by atoms with Crippen molar-refractivity contribution in [3.8, 4) is 0 Å². The predicted molar refractivity (Wildman–Crippen MR) is 41.7 cm³/mol. The molecule has 1 aliphatic carbocycles. The van der Waals surface area contributed by atoms with Crippen LogP contribution >= 0.6 is 15.9 Å². The zero-order chi connectivity index (χ0) is 6.69. The topological polar surface area (TPSA) is 20.2 Å². The highest BCUT2D eigenvalue weighted by molar-refractivity contribution is 9.09. The Hall–Kier alpha value is -0.0800. The molecule has 9 heavy (non-hydrogen) atoms. The maximum atomic E-state index is 8.66. The highest BCUT2D eigenvalue weighted by Crippen LogP contribution is 2.19. The minimum atomic E-state index is 0.201. The second kappa shape index (κ2) is 3.18. The van der Waals surface area contributed by atoms with E-state index in [1.807, 2.05) is 6.08 Å². The van der Waals surface area contributed by atoms with Crippen LogP contribution in [0, 0.1) is 0 Å². The SMILES string of the molecule is OCC1=CC=C(CBr)C1. The number of allylic oxidation sites excluding steroid dienone is 3. The Morgan fingerprint density at radius 1 is 1.44 bits per heavy atom. The lowest BCUT2D eigenvalue weighted by Crippen LogP contribution is -1.88. The first-order valence-corrected chi connectivity index (χ1v) is 4.03.